The molecule has 100 valence electrons. The minimum Gasteiger partial charge on any atom is -0.314 e. The molecule has 0 aromatic carbocycles. The highest BCUT2D eigenvalue weighted by molar-refractivity contribution is 4.74. The summed E-state index contributed by atoms with van der Waals surface area (Å²) in [6.45, 7) is 7.67. The molecule has 2 rings (SSSR count). The van der Waals surface area contributed by atoms with Gasteiger partial charge in [-0.2, -0.15) is 0 Å². The first-order chi connectivity index (χ1) is 8.34. The number of piperidine rings is 1. The van der Waals surface area contributed by atoms with Crippen LogP contribution in [0.3, 0.4) is 0 Å². The van der Waals surface area contributed by atoms with Crippen LogP contribution in [0.2, 0.25) is 0 Å². The summed E-state index contributed by atoms with van der Waals surface area (Å²) < 4.78 is 0. The van der Waals surface area contributed by atoms with Gasteiger partial charge in [0, 0.05) is 19.1 Å². The van der Waals surface area contributed by atoms with E-state index in [1.54, 1.807) is 0 Å². The highest BCUT2D eigenvalue weighted by atomic mass is 15.2. The maximum Gasteiger partial charge on any atom is 0.0109 e. The van der Waals surface area contributed by atoms with Gasteiger partial charge in [-0.3, -0.25) is 0 Å². The van der Waals surface area contributed by atoms with Gasteiger partial charge in [-0.05, 0) is 65.3 Å². The third kappa shape index (κ3) is 4.94. The van der Waals surface area contributed by atoms with Gasteiger partial charge in [0.25, 0.3) is 0 Å². The van der Waals surface area contributed by atoms with Gasteiger partial charge in [-0.15, -0.1) is 0 Å². The van der Waals surface area contributed by atoms with Gasteiger partial charge in [0.1, 0.15) is 0 Å². The molecule has 1 atom stereocenters. The second-order valence-electron chi connectivity index (χ2n) is 5.79. The van der Waals surface area contributed by atoms with Crippen molar-refractivity contribution in [2.75, 3.05) is 46.3 Å². The molecule has 2 aliphatic rings. The van der Waals surface area contributed by atoms with E-state index in [4.69, 9.17) is 0 Å². The van der Waals surface area contributed by atoms with Crippen molar-refractivity contribution in [3.05, 3.63) is 0 Å². The zero-order valence-corrected chi connectivity index (χ0v) is 11.5. The van der Waals surface area contributed by atoms with E-state index in [2.05, 4.69) is 22.2 Å². The van der Waals surface area contributed by atoms with Crippen LogP contribution < -0.4 is 5.32 Å². The Morgan fingerprint density at radius 1 is 1.12 bits per heavy atom. The summed E-state index contributed by atoms with van der Waals surface area (Å²) in [5.74, 6) is 0. The van der Waals surface area contributed by atoms with Crippen molar-refractivity contribution in [2.45, 2.75) is 44.6 Å². The van der Waals surface area contributed by atoms with Gasteiger partial charge in [-0.25, -0.2) is 0 Å². The van der Waals surface area contributed by atoms with Gasteiger partial charge in [0.05, 0.1) is 0 Å². The van der Waals surface area contributed by atoms with Crippen LogP contribution in [0.4, 0.5) is 0 Å². The van der Waals surface area contributed by atoms with Crippen LogP contribution in [-0.2, 0) is 0 Å². The quantitative estimate of drug-likeness (QED) is 0.758. The van der Waals surface area contributed by atoms with Crippen molar-refractivity contribution >= 4 is 0 Å². The lowest BCUT2D eigenvalue weighted by atomic mass is 10.0. The molecule has 0 spiro atoms. The van der Waals surface area contributed by atoms with E-state index in [0.29, 0.717) is 0 Å². The smallest absolute Gasteiger partial charge is 0.0109 e. The van der Waals surface area contributed by atoms with Gasteiger partial charge < -0.3 is 15.1 Å². The third-order valence-corrected chi connectivity index (χ3v) is 4.27. The molecule has 3 nitrogen and oxygen atoms in total. The maximum atomic E-state index is 3.63. The second kappa shape index (κ2) is 7.34. The molecule has 0 aliphatic carbocycles. The van der Waals surface area contributed by atoms with Crippen LogP contribution in [0.25, 0.3) is 0 Å². The molecule has 2 heterocycles. The molecule has 0 saturated carbocycles. The summed E-state index contributed by atoms with van der Waals surface area (Å²) >= 11 is 0. The molecule has 3 heteroatoms. The standard InChI is InChI=1S/C14H29N3/c1-16(12-13-17-9-4-5-10-17)11-7-14-6-2-3-8-15-14/h14-15H,2-13H2,1H3. The third-order valence-electron chi connectivity index (χ3n) is 4.27. The lowest BCUT2D eigenvalue weighted by molar-refractivity contribution is 0.241. The lowest BCUT2D eigenvalue weighted by Crippen LogP contribution is -2.38. The minimum absolute atomic E-state index is 0.790. The fourth-order valence-electron chi connectivity index (χ4n) is 2.98. The van der Waals surface area contributed by atoms with Crippen LogP contribution in [0.5, 0.6) is 0 Å². The van der Waals surface area contributed by atoms with E-state index in [0.717, 1.165) is 6.04 Å². The van der Waals surface area contributed by atoms with Gasteiger partial charge in [0.2, 0.25) is 0 Å². The van der Waals surface area contributed by atoms with E-state index >= 15 is 0 Å². The molecular weight excluding hydrogens is 210 g/mol. The predicted molar refractivity (Wildman–Crippen MR) is 73.4 cm³/mol. The van der Waals surface area contributed by atoms with E-state index in [1.807, 2.05) is 0 Å². The molecule has 0 aromatic rings. The molecule has 1 N–H and O–H groups in total. The molecule has 2 saturated heterocycles. The summed E-state index contributed by atoms with van der Waals surface area (Å²) in [6, 6.07) is 0.790. The summed E-state index contributed by atoms with van der Waals surface area (Å²) in [6.07, 6.45) is 8.35. The average molecular weight is 239 g/mol. The van der Waals surface area contributed by atoms with E-state index in [1.165, 1.54) is 77.8 Å². The molecule has 2 fully saturated rings. The first-order valence-corrected chi connectivity index (χ1v) is 7.49. The van der Waals surface area contributed by atoms with Crippen LogP contribution >= 0.6 is 0 Å². The monoisotopic (exact) mass is 239 g/mol. The average Bonchev–Trinajstić information content (AvgIpc) is 2.88. The van der Waals surface area contributed by atoms with Crippen molar-refractivity contribution < 1.29 is 0 Å². The molecule has 0 bridgehead atoms. The van der Waals surface area contributed by atoms with E-state index < -0.39 is 0 Å². The Kier molecular flexibility index (Phi) is 5.75. The number of nitrogens with zero attached hydrogens (tertiary/aromatic N) is 2. The molecule has 0 radical (unpaired) electrons. The SMILES string of the molecule is CN(CCC1CCCCN1)CCN1CCCC1. The zero-order chi connectivity index (χ0) is 11.9. The number of rotatable bonds is 6. The number of hydrogen-bond donors (Lipinski definition) is 1. The number of hydrogen-bond acceptors (Lipinski definition) is 3. The highest BCUT2D eigenvalue weighted by Gasteiger charge is 2.14. The maximum absolute atomic E-state index is 3.63. The van der Waals surface area contributed by atoms with E-state index in [9.17, 15) is 0 Å². The Morgan fingerprint density at radius 2 is 1.94 bits per heavy atom. The first-order valence-electron chi connectivity index (χ1n) is 7.49. The Morgan fingerprint density at radius 3 is 2.65 bits per heavy atom. The molecule has 0 aromatic heterocycles. The van der Waals surface area contributed by atoms with Crippen molar-refractivity contribution in [1.82, 2.24) is 15.1 Å². The molecular formula is C14H29N3. The molecule has 2 aliphatic heterocycles. The van der Waals surface area contributed by atoms with Crippen molar-refractivity contribution in [3.8, 4) is 0 Å². The fraction of sp³-hybridized carbons (Fsp3) is 1.00. The normalized spacial score (nSPS) is 26.8. The Balaban J connectivity index is 1.52. The Hall–Kier alpha value is -0.120. The topological polar surface area (TPSA) is 18.5 Å². The van der Waals surface area contributed by atoms with Crippen molar-refractivity contribution in [3.63, 3.8) is 0 Å². The summed E-state index contributed by atoms with van der Waals surface area (Å²) in [5.41, 5.74) is 0. The zero-order valence-electron chi connectivity index (χ0n) is 11.5. The van der Waals surface area contributed by atoms with Crippen LogP contribution in [0, 0.1) is 0 Å². The minimum atomic E-state index is 0.790. The van der Waals surface area contributed by atoms with Gasteiger partial charge in [-0.1, -0.05) is 6.42 Å². The first kappa shape index (κ1) is 13.3. The van der Waals surface area contributed by atoms with Crippen molar-refractivity contribution in [1.29, 1.82) is 0 Å². The Bertz CT molecular complexity index is 196. The molecule has 17 heavy (non-hydrogen) atoms. The molecule has 0 amide bonds. The summed E-state index contributed by atoms with van der Waals surface area (Å²) in [5, 5.41) is 3.63. The number of nitrogens with one attached hydrogen (secondary N) is 1. The number of likely N-dealkylation sites (tertiary alicyclic amines) is 1. The van der Waals surface area contributed by atoms with Crippen LogP contribution in [0.1, 0.15) is 38.5 Å². The number of likely N-dealkylation sites (N-methyl/N-ethyl adjacent to an activating group) is 1. The molecule has 1 unspecified atom stereocenters. The van der Waals surface area contributed by atoms with Crippen molar-refractivity contribution in [2.24, 2.45) is 0 Å². The highest BCUT2D eigenvalue weighted by Crippen LogP contribution is 2.10. The lowest BCUT2D eigenvalue weighted by Gasteiger charge is -2.26. The van der Waals surface area contributed by atoms with Crippen LogP contribution in [-0.4, -0.2) is 62.2 Å². The largest absolute Gasteiger partial charge is 0.314 e. The summed E-state index contributed by atoms with van der Waals surface area (Å²) in [7, 11) is 2.28. The predicted octanol–water partition coefficient (Wildman–Crippen LogP) is 1.55. The Labute approximate surface area is 107 Å². The summed E-state index contributed by atoms with van der Waals surface area (Å²) in [4.78, 5) is 5.12. The van der Waals surface area contributed by atoms with E-state index in [-0.39, 0.29) is 0 Å². The van der Waals surface area contributed by atoms with Gasteiger partial charge >= 0.3 is 0 Å². The fourth-order valence-corrected chi connectivity index (χ4v) is 2.98. The van der Waals surface area contributed by atoms with Crippen LogP contribution in [0.15, 0.2) is 0 Å². The van der Waals surface area contributed by atoms with Gasteiger partial charge in [0.15, 0.2) is 0 Å². The second-order valence-corrected chi connectivity index (χ2v) is 5.79.